The summed E-state index contributed by atoms with van der Waals surface area (Å²) >= 11 is 0. The Morgan fingerprint density at radius 1 is 1.12 bits per heavy atom. The highest BCUT2D eigenvalue weighted by Crippen LogP contribution is 2.24. The number of likely N-dealkylation sites (tertiary alicyclic amines) is 1. The minimum atomic E-state index is -0.0827. The Labute approximate surface area is 144 Å². The summed E-state index contributed by atoms with van der Waals surface area (Å²) in [5, 5.41) is 5.87. The third kappa shape index (κ3) is 4.73. The summed E-state index contributed by atoms with van der Waals surface area (Å²) in [6.45, 7) is 11.6. The van der Waals surface area contributed by atoms with Crippen molar-refractivity contribution in [3.63, 3.8) is 0 Å². The lowest BCUT2D eigenvalue weighted by atomic mass is 9.92. The van der Waals surface area contributed by atoms with Crippen LogP contribution in [0, 0.1) is 24.7 Å². The van der Waals surface area contributed by atoms with Crippen LogP contribution in [0.4, 0.5) is 16.2 Å². The Kier molecular flexibility index (Phi) is 5.86. The number of rotatable bonds is 3. The third-order valence-electron chi connectivity index (χ3n) is 4.43. The van der Waals surface area contributed by atoms with Crippen molar-refractivity contribution in [3.05, 3.63) is 23.8 Å². The number of amides is 3. The number of nitrogens with one attached hydrogen (secondary N) is 2. The Bertz CT molecular complexity index is 603. The van der Waals surface area contributed by atoms with Crippen molar-refractivity contribution in [1.29, 1.82) is 0 Å². The van der Waals surface area contributed by atoms with E-state index in [0.29, 0.717) is 17.5 Å². The molecule has 5 nitrogen and oxygen atoms in total. The Balaban J connectivity index is 2.08. The summed E-state index contributed by atoms with van der Waals surface area (Å²) in [7, 11) is 0. The van der Waals surface area contributed by atoms with Crippen LogP contribution in [-0.2, 0) is 4.79 Å². The lowest BCUT2D eigenvalue weighted by Gasteiger charge is -2.35. The van der Waals surface area contributed by atoms with E-state index in [1.54, 1.807) is 0 Å². The van der Waals surface area contributed by atoms with E-state index in [2.05, 4.69) is 24.5 Å². The van der Waals surface area contributed by atoms with Gasteiger partial charge < -0.3 is 15.5 Å². The minimum absolute atomic E-state index is 0.0326. The molecule has 2 rings (SSSR count). The molecular formula is C19H29N3O2. The molecule has 3 amide bonds. The van der Waals surface area contributed by atoms with Gasteiger partial charge in [0, 0.05) is 30.4 Å². The topological polar surface area (TPSA) is 61.4 Å². The predicted molar refractivity (Wildman–Crippen MR) is 98.2 cm³/mol. The molecule has 1 aromatic carbocycles. The summed E-state index contributed by atoms with van der Waals surface area (Å²) < 4.78 is 0. The van der Waals surface area contributed by atoms with Gasteiger partial charge in [-0.15, -0.1) is 0 Å². The van der Waals surface area contributed by atoms with Gasteiger partial charge in [-0.1, -0.05) is 33.8 Å². The Morgan fingerprint density at radius 3 is 2.33 bits per heavy atom. The van der Waals surface area contributed by atoms with Crippen molar-refractivity contribution in [2.75, 3.05) is 23.7 Å². The van der Waals surface area contributed by atoms with Gasteiger partial charge in [0.2, 0.25) is 5.91 Å². The van der Waals surface area contributed by atoms with Crippen LogP contribution in [0.15, 0.2) is 18.2 Å². The zero-order valence-corrected chi connectivity index (χ0v) is 15.3. The zero-order chi connectivity index (χ0) is 17.9. The van der Waals surface area contributed by atoms with Crippen LogP contribution in [0.2, 0.25) is 0 Å². The van der Waals surface area contributed by atoms with Gasteiger partial charge in [0.05, 0.1) is 0 Å². The molecule has 1 saturated heterocycles. The molecule has 132 valence electrons. The van der Waals surface area contributed by atoms with Crippen molar-refractivity contribution < 1.29 is 9.59 Å². The highest BCUT2D eigenvalue weighted by Gasteiger charge is 2.25. The van der Waals surface area contributed by atoms with E-state index >= 15 is 0 Å². The number of piperidine rings is 1. The van der Waals surface area contributed by atoms with Gasteiger partial charge in [-0.25, -0.2) is 4.79 Å². The maximum atomic E-state index is 12.6. The smallest absolute Gasteiger partial charge is 0.321 e. The van der Waals surface area contributed by atoms with E-state index in [1.165, 1.54) is 6.42 Å². The van der Waals surface area contributed by atoms with E-state index < -0.39 is 0 Å². The van der Waals surface area contributed by atoms with Gasteiger partial charge >= 0.3 is 6.03 Å². The van der Waals surface area contributed by atoms with Gasteiger partial charge in [-0.2, -0.15) is 0 Å². The minimum Gasteiger partial charge on any atom is -0.326 e. The SMILES string of the molecule is Cc1ccc(NC(=O)C(C)C)cc1NC(=O)N1C[C@H](C)C[C@@H](C)C1. The number of hydrogen-bond acceptors (Lipinski definition) is 2. The maximum absolute atomic E-state index is 12.6. The number of carbonyl (C=O) groups excluding carboxylic acids is 2. The van der Waals surface area contributed by atoms with Crippen molar-refractivity contribution in [2.45, 2.75) is 41.0 Å². The molecule has 5 heteroatoms. The zero-order valence-electron chi connectivity index (χ0n) is 15.3. The molecular weight excluding hydrogens is 302 g/mol. The summed E-state index contributed by atoms with van der Waals surface area (Å²) in [6.07, 6.45) is 1.17. The van der Waals surface area contributed by atoms with Crippen LogP contribution < -0.4 is 10.6 Å². The summed E-state index contributed by atoms with van der Waals surface area (Å²) in [4.78, 5) is 26.3. The van der Waals surface area contributed by atoms with Crippen LogP contribution in [0.3, 0.4) is 0 Å². The number of aryl methyl sites for hydroxylation is 1. The number of benzene rings is 1. The first-order chi connectivity index (χ1) is 11.3. The molecule has 1 fully saturated rings. The highest BCUT2D eigenvalue weighted by atomic mass is 16.2. The number of carbonyl (C=O) groups is 2. The van der Waals surface area contributed by atoms with Gasteiger partial charge in [-0.05, 0) is 42.9 Å². The van der Waals surface area contributed by atoms with E-state index in [9.17, 15) is 9.59 Å². The van der Waals surface area contributed by atoms with Gasteiger partial charge in [0.1, 0.15) is 0 Å². The fourth-order valence-corrected chi connectivity index (χ4v) is 3.14. The van der Waals surface area contributed by atoms with Gasteiger partial charge in [0.25, 0.3) is 0 Å². The molecule has 2 atom stereocenters. The molecule has 24 heavy (non-hydrogen) atoms. The first-order valence-corrected chi connectivity index (χ1v) is 8.73. The molecule has 0 spiro atoms. The fourth-order valence-electron chi connectivity index (χ4n) is 3.14. The molecule has 1 aliphatic heterocycles. The van der Waals surface area contributed by atoms with Crippen molar-refractivity contribution >= 4 is 23.3 Å². The number of hydrogen-bond donors (Lipinski definition) is 2. The van der Waals surface area contributed by atoms with Crippen molar-refractivity contribution in [1.82, 2.24) is 4.90 Å². The third-order valence-corrected chi connectivity index (χ3v) is 4.43. The fraction of sp³-hybridized carbons (Fsp3) is 0.579. The van der Waals surface area contributed by atoms with E-state index in [-0.39, 0.29) is 17.9 Å². The summed E-state index contributed by atoms with van der Waals surface area (Å²) in [5.74, 6) is 0.935. The molecule has 1 heterocycles. The van der Waals surface area contributed by atoms with E-state index in [0.717, 1.165) is 24.3 Å². The van der Waals surface area contributed by atoms with Crippen LogP contribution in [-0.4, -0.2) is 29.9 Å². The first-order valence-electron chi connectivity index (χ1n) is 8.73. The number of anilines is 2. The normalized spacial score (nSPS) is 20.8. The molecule has 0 aromatic heterocycles. The second kappa shape index (κ2) is 7.69. The molecule has 1 aliphatic rings. The van der Waals surface area contributed by atoms with Crippen molar-refractivity contribution in [2.24, 2.45) is 17.8 Å². The van der Waals surface area contributed by atoms with Crippen LogP contribution in [0.1, 0.15) is 39.7 Å². The number of urea groups is 1. The standard InChI is InChI=1S/C19H29N3O2/c1-12(2)18(23)20-16-7-6-15(5)17(9-16)21-19(24)22-10-13(3)8-14(4)11-22/h6-7,9,12-14H,8,10-11H2,1-5H3,(H,20,23)(H,21,24)/t13-,14-/m1/s1. The highest BCUT2D eigenvalue weighted by molar-refractivity contribution is 5.94. The van der Waals surface area contributed by atoms with Crippen LogP contribution >= 0.6 is 0 Å². The van der Waals surface area contributed by atoms with Gasteiger partial charge in [-0.3, -0.25) is 4.79 Å². The van der Waals surface area contributed by atoms with E-state index in [1.807, 2.05) is 43.9 Å². The molecule has 0 bridgehead atoms. The van der Waals surface area contributed by atoms with Crippen LogP contribution in [0.5, 0.6) is 0 Å². The van der Waals surface area contributed by atoms with Gasteiger partial charge in [0.15, 0.2) is 0 Å². The first kappa shape index (κ1) is 18.3. The van der Waals surface area contributed by atoms with Crippen molar-refractivity contribution in [3.8, 4) is 0 Å². The molecule has 0 unspecified atom stereocenters. The lowest BCUT2D eigenvalue weighted by molar-refractivity contribution is -0.118. The second-order valence-corrected chi connectivity index (χ2v) is 7.45. The second-order valence-electron chi connectivity index (χ2n) is 7.45. The average Bonchev–Trinajstić information content (AvgIpc) is 2.49. The lowest BCUT2D eigenvalue weighted by Crippen LogP contribution is -2.44. The molecule has 2 N–H and O–H groups in total. The molecule has 0 radical (unpaired) electrons. The molecule has 0 aliphatic carbocycles. The monoisotopic (exact) mass is 331 g/mol. The number of nitrogens with zero attached hydrogens (tertiary/aromatic N) is 1. The molecule has 0 saturated carbocycles. The van der Waals surface area contributed by atoms with Crippen LogP contribution in [0.25, 0.3) is 0 Å². The largest absolute Gasteiger partial charge is 0.326 e. The van der Waals surface area contributed by atoms with E-state index in [4.69, 9.17) is 0 Å². The maximum Gasteiger partial charge on any atom is 0.321 e. The summed E-state index contributed by atoms with van der Waals surface area (Å²) in [5.41, 5.74) is 2.42. The molecule has 1 aromatic rings. The Morgan fingerprint density at radius 2 is 1.75 bits per heavy atom. The predicted octanol–water partition coefficient (Wildman–Crippen LogP) is 4.10. The quantitative estimate of drug-likeness (QED) is 0.876. The summed E-state index contributed by atoms with van der Waals surface area (Å²) in [6, 6.07) is 5.53. The average molecular weight is 331 g/mol. The Hall–Kier alpha value is -2.04.